The molecule has 106 valence electrons. The lowest BCUT2D eigenvalue weighted by atomic mass is 10.2. The normalized spacial score (nSPS) is 21.7. The van der Waals surface area contributed by atoms with Crippen molar-refractivity contribution in [3.63, 3.8) is 0 Å². The van der Waals surface area contributed by atoms with E-state index in [0.717, 1.165) is 0 Å². The van der Waals surface area contributed by atoms with Gasteiger partial charge in [-0.2, -0.15) is 0 Å². The Balaban J connectivity index is 1.79. The van der Waals surface area contributed by atoms with Gasteiger partial charge in [0, 0.05) is 19.1 Å². The molecule has 6 heteroatoms. The standard InChI is InChI=1S/C13H19FN2O2S/c1-16(11-6-9-19(17,18)10-11)8-7-15-13-5-3-2-4-12(13)14/h2-5,11,15H,6-10H2,1H3. The third kappa shape index (κ3) is 3.91. The van der Waals surface area contributed by atoms with Gasteiger partial charge < -0.3 is 10.2 Å². The number of anilines is 1. The molecule has 1 saturated heterocycles. The molecule has 1 unspecified atom stereocenters. The monoisotopic (exact) mass is 286 g/mol. The summed E-state index contributed by atoms with van der Waals surface area (Å²) in [5.74, 6) is 0.250. The Morgan fingerprint density at radius 1 is 1.42 bits per heavy atom. The predicted octanol–water partition coefficient (Wildman–Crippen LogP) is 1.36. The van der Waals surface area contributed by atoms with E-state index in [2.05, 4.69) is 5.32 Å². The molecule has 19 heavy (non-hydrogen) atoms. The van der Waals surface area contributed by atoms with Crippen LogP contribution in [0.5, 0.6) is 0 Å². The van der Waals surface area contributed by atoms with Gasteiger partial charge in [-0.15, -0.1) is 0 Å². The van der Waals surface area contributed by atoms with E-state index in [1.54, 1.807) is 18.2 Å². The third-order valence-electron chi connectivity index (χ3n) is 3.49. The average Bonchev–Trinajstić information content (AvgIpc) is 2.72. The van der Waals surface area contributed by atoms with Crippen LogP contribution in [0, 0.1) is 5.82 Å². The molecule has 1 fully saturated rings. The Hall–Kier alpha value is -1.14. The summed E-state index contributed by atoms with van der Waals surface area (Å²) in [5.41, 5.74) is 0.481. The van der Waals surface area contributed by atoms with Crippen LogP contribution >= 0.6 is 0 Å². The fourth-order valence-electron chi connectivity index (χ4n) is 2.28. The Labute approximate surface area is 113 Å². The maximum Gasteiger partial charge on any atom is 0.151 e. The van der Waals surface area contributed by atoms with Gasteiger partial charge in [-0.3, -0.25) is 0 Å². The summed E-state index contributed by atoms with van der Waals surface area (Å²) < 4.78 is 36.1. The van der Waals surface area contributed by atoms with Gasteiger partial charge in [0.2, 0.25) is 0 Å². The van der Waals surface area contributed by atoms with Gasteiger partial charge in [0.05, 0.1) is 17.2 Å². The smallest absolute Gasteiger partial charge is 0.151 e. The molecule has 0 bridgehead atoms. The number of rotatable bonds is 5. The highest BCUT2D eigenvalue weighted by Gasteiger charge is 2.30. The van der Waals surface area contributed by atoms with Crippen molar-refractivity contribution in [3.05, 3.63) is 30.1 Å². The number of hydrogen-bond acceptors (Lipinski definition) is 4. The largest absolute Gasteiger partial charge is 0.381 e. The first-order valence-electron chi connectivity index (χ1n) is 6.37. The minimum atomic E-state index is -2.85. The molecule has 1 aliphatic heterocycles. The number of nitrogens with one attached hydrogen (secondary N) is 1. The van der Waals surface area contributed by atoms with Crippen molar-refractivity contribution in [2.75, 3.05) is 37.0 Å². The second-order valence-electron chi connectivity index (χ2n) is 4.94. The van der Waals surface area contributed by atoms with Crippen LogP contribution in [0.25, 0.3) is 0 Å². The topological polar surface area (TPSA) is 49.4 Å². The van der Waals surface area contributed by atoms with Crippen LogP contribution in [-0.4, -0.2) is 51.0 Å². The lowest BCUT2D eigenvalue weighted by Gasteiger charge is -2.23. The van der Waals surface area contributed by atoms with Crippen LogP contribution < -0.4 is 5.32 Å². The van der Waals surface area contributed by atoms with Gasteiger partial charge in [0.15, 0.2) is 9.84 Å². The van der Waals surface area contributed by atoms with E-state index in [9.17, 15) is 12.8 Å². The molecule has 0 radical (unpaired) electrons. The number of benzene rings is 1. The zero-order chi connectivity index (χ0) is 13.9. The number of likely N-dealkylation sites (N-methyl/N-ethyl adjacent to an activating group) is 1. The van der Waals surface area contributed by atoms with Gasteiger partial charge in [-0.1, -0.05) is 12.1 Å². The summed E-state index contributed by atoms with van der Waals surface area (Å²) in [7, 11) is -0.935. The molecule has 1 aromatic rings. The van der Waals surface area contributed by atoms with E-state index in [1.807, 2.05) is 11.9 Å². The van der Waals surface area contributed by atoms with Crippen molar-refractivity contribution < 1.29 is 12.8 Å². The van der Waals surface area contributed by atoms with Crippen LogP contribution in [0.3, 0.4) is 0 Å². The third-order valence-corrected chi connectivity index (χ3v) is 5.24. The van der Waals surface area contributed by atoms with Crippen molar-refractivity contribution in [3.8, 4) is 0 Å². The average molecular weight is 286 g/mol. The second kappa shape index (κ2) is 5.88. The van der Waals surface area contributed by atoms with Gasteiger partial charge >= 0.3 is 0 Å². The number of nitrogens with zero attached hydrogens (tertiary/aromatic N) is 1. The zero-order valence-electron chi connectivity index (χ0n) is 11.0. The molecular weight excluding hydrogens is 267 g/mol. The van der Waals surface area contributed by atoms with Crippen LogP contribution in [0.15, 0.2) is 24.3 Å². The molecule has 0 aliphatic carbocycles. The molecule has 1 aromatic carbocycles. The summed E-state index contributed by atoms with van der Waals surface area (Å²) in [6.07, 6.45) is 0.693. The summed E-state index contributed by atoms with van der Waals surface area (Å²) in [4.78, 5) is 2.03. The first kappa shape index (κ1) is 14.3. The van der Waals surface area contributed by atoms with Crippen LogP contribution in [0.2, 0.25) is 0 Å². The molecule has 0 aromatic heterocycles. The molecule has 0 amide bonds. The van der Waals surface area contributed by atoms with Gasteiger partial charge in [-0.25, -0.2) is 12.8 Å². The van der Waals surface area contributed by atoms with E-state index in [-0.39, 0.29) is 23.4 Å². The molecule has 1 atom stereocenters. The highest BCUT2D eigenvalue weighted by atomic mass is 32.2. The Morgan fingerprint density at radius 3 is 2.79 bits per heavy atom. The van der Waals surface area contributed by atoms with Crippen molar-refractivity contribution >= 4 is 15.5 Å². The fraction of sp³-hybridized carbons (Fsp3) is 0.538. The number of halogens is 1. The van der Waals surface area contributed by atoms with Gasteiger partial charge in [0.25, 0.3) is 0 Å². The quantitative estimate of drug-likeness (QED) is 0.888. The number of sulfone groups is 1. The van der Waals surface area contributed by atoms with Crippen LogP contribution in [0.4, 0.5) is 10.1 Å². The molecule has 0 saturated carbocycles. The summed E-state index contributed by atoms with van der Waals surface area (Å²) in [6, 6.07) is 6.62. The molecule has 1 heterocycles. The van der Waals surface area contributed by atoms with Crippen LogP contribution in [0.1, 0.15) is 6.42 Å². The molecule has 1 N–H and O–H groups in total. The Morgan fingerprint density at radius 2 is 2.16 bits per heavy atom. The molecule has 1 aliphatic rings. The first-order chi connectivity index (χ1) is 8.98. The first-order valence-corrected chi connectivity index (χ1v) is 8.19. The molecule has 4 nitrogen and oxygen atoms in total. The van der Waals surface area contributed by atoms with Crippen molar-refractivity contribution in [1.29, 1.82) is 0 Å². The van der Waals surface area contributed by atoms with Crippen molar-refractivity contribution in [2.45, 2.75) is 12.5 Å². The minimum absolute atomic E-state index is 0.0902. The van der Waals surface area contributed by atoms with Gasteiger partial charge in [-0.05, 0) is 25.6 Å². The summed E-state index contributed by atoms with van der Waals surface area (Å²) in [5, 5.41) is 3.02. The second-order valence-corrected chi connectivity index (χ2v) is 7.17. The SMILES string of the molecule is CN(CCNc1ccccc1F)C1CCS(=O)(=O)C1. The van der Waals surface area contributed by atoms with E-state index in [0.29, 0.717) is 25.2 Å². The number of hydrogen-bond donors (Lipinski definition) is 1. The lowest BCUT2D eigenvalue weighted by Crippen LogP contribution is -2.36. The minimum Gasteiger partial charge on any atom is -0.381 e. The number of para-hydroxylation sites is 1. The van der Waals surface area contributed by atoms with E-state index in [4.69, 9.17) is 0 Å². The Bertz CT molecular complexity index is 533. The molecule has 0 spiro atoms. The van der Waals surface area contributed by atoms with Crippen molar-refractivity contribution in [2.24, 2.45) is 0 Å². The summed E-state index contributed by atoms with van der Waals surface area (Å²) >= 11 is 0. The van der Waals surface area contributed by atoms with Gasteiger partial charge in [0.1, 0.15) is 5.82 Å². The zero-order valence-corrected chi connectivity index (χ0v) is 11.8. The lowest BCUT2D eigenvalue weighted by molar-refractivity contribution is 0.272. The predicted molar refractivity (Wildman–Crippen MR) is 74.6 cm³/mol. The maximum atomic E-state index is 13.4. The van der Waals surface area contributed by atoms with E-state index < -0.39 is 9.84 Å². The molecule has 2 rings (SSSR count). The van der Waals surface area contributed by atoms with Crippen LogP contribution in [-0.2, 0) is 9.84 Å². The van der Waals surface area contributed by atoms with E-state index in [1.165, 1.54) is 6.07 Å². The molecular formula is C13H19FN2O2S. The maximum absolute atomic E-state index is 13.4. The highest BCUT2D eigenvalue weighted by Crippen LogP contribution is 2.16. The Kier molecular flexibility index (Phi) is 4.42. The van der Waals surface area contributed by atoms with E-state index >= 15 is 0 Å². The summed E-state index contributed by atoms with van der Waals surface area (Å²) in [6.45, 7) is 1.28. The fourth-order valence-corrected chi connectivity index (χ4v) is 4.08. The highest BCUT2D eigenvalue weighted by molar-refractivity contribution is 7.91. The van der Waals surface area contributed by atoms with Crippen molar-refractivity contribution in [1.82, 2.24) is 4.90 Å².